The molecule has 1 heterocycles. The second kappa shape index (κ2) is 4.92. The van der Waals surface area contributed by atoms with Crippen LogP contribution in [0.5, 0.6) is 0 Å². The molecule has 0 unspecified atom stereocenters. The molecule has 2 aromatic carbocycles. The molecule has 3 nitrogen and oxygen atoms in total. The Labute approximate surface area is 113 Å². The Bertz CT molecular complexity index is 790. The molecule has 20 heavy (non-hydrogen) atoms. The molecule has 0 saturated carbocycles. The summed E-state index contributed by atoms with van der Waals surface area (Å²) >= 11 is 0. The van der Waals surface area contributed by atoms with E-state index >= 15 is 0 Å². The van der Waals surface area contributed by atoms with Crippen molar-refractivity contribution in [3.63, 3.8) is 0 Å². The van der Waals surface area contributed by atoms with Crippen LogP contribution in [0.3, 0.4) is 0 Å². The molecule has 5 heteroatoms. The molecule has 0 aliphatic heterocycles. The first-order valence-corrected chi connectivity index (χ1v) is 6.20. The van der Waals surface area contributed by atoms with Crippen molar-refractivity contribution < 1.29 is 8.78 Å². The zero-order valence-corrected chi connectivity index (χ0v) is 10.5. The largest absolute Gasteiger partial charge is 0.334 e. The van der Waals surface area contributed by atoms with Crippen molar-refractivity contribution in [3.05, 3.63) is 70.5 Å². The highest BCUT2D eigenvalue weighted by atomic mass is 19.3. The fourth-order valence-electron chi connectivity index (χ4n) is 2.34. The van der Waals surface area contributed by atoms with Gasteiger partial charge in [0.15, 0.2) is 0 Å². The van der Waals surface area contributed by atoms with Crippen molar-refractivity contribution in [2.75, 3.05) is 0 Å². The molecule has 0 atom stereocenters. The van der Waals surface area contributed by atoms with Crippen LogP contribution < -0.4 is 5.56 Å². The number of halogens is 2. The van der Waals surface area contributed by atoms with E-state index in [0.29, 0.717) is 15.6 Å². The molecule has 1 aromatic heterocycles. The Morgan fingerprint density at radius 3 is 2.30 bits per heavy atom. The highest BCUT2D eigenvalue weighted by Gasteiger charge is 2.19. The lowest BCUT2D eigenvalue weighted by Gasteiger charge is -2.11. The molecule has 0 N–H and O–H groups in total. The topological polar surface area (TPSA) is 26.9 Å². The summed E-state index contributed by atoms with van der Waals surface area (Å²) in [5, 5.41) is 0.309. The SMILES string of the molecule is O=c1c2ccccc2n(Cc2ccccc2)n1C(F)F. The van der Waals surface area contributed by atoms with Crippen LogP contribution in [0.15, 0.2) is 59.4 Å². The standard InChI is InChI=1S/C15H12F2N2O/c16-15(17)19-14(20)12-8-4-5-9-13(12)18(19)10-11-6-2-1-3-7-11/h1-9,15H,10H2. The van der Waals surface area contributed by atoms with Crippen molar-refractivity contribution in [1.29, 1.82) is 0 Å². The summed E-state index contributed by atoms with van der Waals surface area (Å²) in [6, 6.07) is 15.9. The van der Waals surface area contributed by atoms with E-state index in [-0.39, 0.29) is 6.54 Å². The monoisotopic (exact) mass is 274 g/mol. The molecular formula is C15H12F2N2O. The predicted octanol–water partition coefficient (Wildman–Crippen LogP) is 3.25. The number of alkyl halides is 2. The van der Waals surface area contributed by atoms with Crippen LogP contribution in [-0.4, -0.2) is 9.36 Å². The zero-order valence-electron chi connectivity index (χ0n) is 10.5. The maximum Gasteiger partial charge on any atom is 0.334 e. The summed E-state index contributed by atoms with van der Waals surface area (Å²) in [6.45, 7) is -2.63. The number of hydrogen-bond donors (Lipinski definition) is 0. The van der Waals surface area contributed by atoms with Gasteiger partial charge in [-0.15, -0.1) is 0 Å². The lowest BCUT2D eigenvalue weighted by Crippen LogP contribution is -2.24. The van der Waals surface area contributed by atoms with Gasteiger partial charge in [-0.25, -0.2) is 0 Å². The van der Waals surface area contributed by atoms with E-state index in [1.165, 1.54) is 4.68 Å². The van der Waals surface area contributed by atoms with Gasteiger partial charge < -0.3 is 0 Å². The smallest absolute Gasteiger partial charge is 0.273 e. The number of para-hydroxylation sites is 1. The van der Waals surface area contributed by atoms with Gasteiger partial charge in [0, 0.05) is 0 Å². The molecule has 0 aliphatic carbocycles. The molecule has 0 aliphatic rings. The van der Waals surface area contributed by atoms with E-state index in [0.717, 1.165) is 5.56 Å². The molecule has 3 rings (SSSR count). The fourth-order valence-corrected chi connectivity index (χ4v) is 2.34. The van der Waals surface area contributed by atoms with Crippen LogP contribution in [-0.2, 0) is 6.54 Å². The second-order valence-corrected chi connectivity index (χ2v) is 4.49. The molecular weight excluding hydrogens is 262 g/mol. The number of fused-ring (bicyclic) bond motifs is 1. The van der Waals surface area contributed by atoms with Crippen LogP contribution in [0.1, 0.15) is 12.1 Å². The number of rotatable bonds is 3. The van der Waals surface area contributed by atoms with Crippen molar-refractivity contribution in [2.24, 2.45) is 0 Å². The third kappa shape index (κ3) is 2.01. The summed E-state index contributed by atoms with van der Waals surface area (Å²) in [5.41, 5.74) is 0.718. The molecule has 0 bridgehead atoms. The van der Waals surface area contributed by atoms with Crippen molar-refractivity contribution in [3.8, 4) is 0 Å². The molecule has 0 saturated heterocycles. The average molecular weight is 274 g/mol. The van der Waals surface area contributed by atoms with Crippen LogP contribution in [0.25, 0.3) is 10.9 Å². The first-order chi connectivity index (χ1) is 9.68. The van der Waals surface area contributed by atoms with Gasteiger partial charge in [-0.1, -0.05) is 42.5 Å². The Morgan fingerprint density at radius 2 is 1.60 bits per heavy atom. The Morgan fingerprint density at radius 1 is 0.950 bits per heavy atom. The minimum absolute atomic E-state index is 0.230. The normalized spacial score (nSPS) is 11.3. The summed E-state index contributed by atoms with van der Waals surface area (Å²) in [7, 11) is 0. The van der Waals surface area contributed by atoms with E-state index in [9.17, 15) is 13.6 Å². The number of benzene rings is 2. The molecule has 0 amide bonds. The number of nitrogens with zero attached hydrogens (tertiary/aromatic N) is 2. The third-order valence-electron chi connectivity index (χ3n) is 3.24. The van der Waals surface area contributed by atoms with E-state index < -0.39 is 12.1 Å². The molecule has 0 radical (unpaired) electrons. The third-order valence-corrected chi connectivity index (χ3v) is 3.24. The molecule has 102 valence electrons. The predicted molar refractivity (Wildman–Crippen MR) is 73.0 cm³/mol. The van der Waals surface area contributed by atoms with E-state index in [1.807, 2.05) is 30.3 Å². The van der Waals surface area contributed by atoms with Gasteiger partial charge in [0.1, 0.15) is 0 Å². The summed E-state index contributed by atoms with van der Waals surface area (Å²) in [6.07, 6.45) is 0. The van der Waals surface area contributed by atoms with Crippen molar-refractivity contribution in [1.82, 2.24) is 9.36 Å². The number of hydrogen-bond acceptors (Lipinski definition) is 1. The zero-order chi connectivity index (χ0) is 14.1. The molecule has 0 spiro atoms. The lowest BCUT2D eigenvalue weighted by molar-refractivity contribution is 0.0411. The highest BCUT2D eigenvalue weighted by Crippen LogP contribution is 2.17. The van der Waals surface area contributed by atoms with Crippen LogP contribution in [0, 0.1) is 0 Å². The first kappa shape index (κ1) is 12.6. The van der Waals surface area contributed by atoms with E-state index in [1.54, 1.807) is 24.3 Å². The van der Waals surface area contributed by atoms with Crippen LogP contribution in [0.4, 0.5) is 8.78 Å². The van der Waals surface area contributed by atoms with Crippen LogP contribution >= 0.6 is 0 Å². The van der Waals surface area contributed by atoms with Crippen LogP contribution in [0.2, 0.25) is 0 Å². The van der Waals surface area contributed by atoms with E-state index in [2.05, 4.69) is 0 Å². The maximum atomic E-state index is 13.2. The van der Waals surface area contributed by atoms with Gasteiger partial charge in [0.25, 0.3) is 5.56 Å². The highest BCUT2D eigenvalue weighted by molar-refractivity contribution is 5.78. The van der Waals surface area contributed by atoms with Crippen molar-refractivity contribution >= 4 is 10.9 Å². The average Bonchev–Trinajstić information content (AvgIpc) is 2.74. The van der Waals surface area contributed by atoms with Gasteiger partial charge in [0.05, 0.1) is 17.4 Å². The van der Waals surface area contributed by atoms with Crippen molar-refractivity contribution in [2.45, 2.75) is 13.1 Å². The minimum Gasteiger partial charge on any atom is -0.273 e. The summed E-state index contributed by atoms with van der Waals surface area (Å²) < 4.78 is 28.2. The minimum atomic E-state index is -2.86. The Balaban J connectivity index is 2.23. The van der Waals surface area contributed by atoms with Gasteiger partial charge >= 0.3 is 6.55 Å². The summed E-state index contributed by atoms with van der Waals surface area (Å²) in [4.78, 5) is 12.0. The van der Waals surface area contributed by atoms with E-state index in [4.69, 9.17) is 0 Å². The van der Waals surface area contributed by atoms with Gasteiger partial charge in [0.2, 0.25) is 0 Å². The fraction of sp³-hybridized carbons (Fsp3) is 0.133. The van der Waals surface area contributed by atoms with Gasteiger partial charge in [-0.2, -0.15) is 13.5 Å². The number of aromatic nitrogens is 2. The quantitative estimate of drug-likeness (QED) is 0.720. The molecule has 3 aromatic rings. The van der Waals surface area contributed by atoms with Gasteiger partial charge in [-0.05, 0) is 17.7 Å². The Hall–Kier alpha value is -2.43. The molecule has 0 fully saturated rings. The summed E-state index contributed by atoms with van der Waals surface area (Å²) in [5.74, 6) is 0. The second-order valence-electron chi connectivity index (χ2n) is 4.49. The lowest BCUT2D eigenvalue weighted by atomic mass is 10.2. The Kier molecular flexibility index (Phi) is 3.10. The maximum absolute atomic E-state index is 13.2. The first-order valence-electron chi connectivity index (χ1n) is 6.20. The van der Waals surface area contributed by atoms with Gasteiger partial charge in [-0.3, -0.25) is 9.48 Å².